The first-order valence-electron chi connectivity index (χ1n) is 8.04. The van der Waals surface area contributed by atoms with Gasteiger partial charge in [-0.2, -0.15) is 0 Å². The molecule has 1 saturated heterocycles. The van der Waals surface area contributed by atoms with Crippen LogP contribution < -0.4 is 14.2 Å². The number of rotatable bonds is 4. The molecule has 124 valence electrons. The Morgan fingerprint density at radius 2 is 2.22 bits per heavy atom. The Bertz CT molecular complexity index is 646. The van der Waals surface area contributed by atoms with E-state index in [-0.39, 0.29) is 12.7 Å². The molecule has 1 aliphatic carbocycles. The summed E-state index contributed by atoms with van der Waals surface area (Å²) in [4.78, 5) is 14.0. The number of nitrogens with zero attached hydrogens (tertiary/aromatic N) is 1. The highest BCUT2D eigenvalue weighted by atomic mass is 16.7. The van der Waals surface area contributed by atoms with E-state index in [2.05, 4.69) is 4.90 Å². The summed E-state index contributed by atoms with van der Waals surface area (Å²) in [5, 5.41) is 9.70. The topological polar surface area (TPSA) is 68.2 Å². The van der Waals surface area contributed by atoms with E-state index in [1.807, 2.05) is 12.1 Å². The van der Waals surface area contributed by atoms with Crippen molar-refractivity contribution >= 4 is 5.97 Å². The van der Waals surface area contributed by atoms with Gasteiger partial charge in [0.25, 0.3) is 0 Å². The molecule has 6 heteroatoms. The van der Waals surface area contributed by atoms with Crippen molar-refractivity contribution in [1.82, 2.24) is 4.90 Å². The van der Waals surface area contributed by atoms with Crippen LogP contribution in [0.25, 0.3) is 0 Å². The van der Waals surface area contributed by atoms with Gasteiger partial charge < -0.3 is 19.3 Å². The van der Waals surface area contributed by atoms with Crippen LogP contribution >= 0.6 is 0 Å². The molecule has 6 nitrogen and oxygen atoms in total. The lowest BCUT2D eigenvalue weighted by Gasteiger charge is -2.23. The number of ether oxygens (including phenoxy) is 3. The molecule has 2 fully saturated rings. The molecule has 0 aromatic heterocycles. The van der Waals surface area contributed by atoms with Crippen molar-refractivity contribution in [3.8, 4) is 17.2 Å². The molecule has 0 amide bonds. The fourth-order valence-corrected chi connectivity index (χ4v) is 4.38. The molecule has 0 radical (unpaired) electrons. The fourth-order valence-electron chi connectivity index (χ4n) is 4.38. The maximum atomic E-state index is 11.8. The first kappa shape index (κ1) is 14.6. The number of benzene rings is 1. The summed E-state index contributed by atoms with van der Waals surface area (Å²) in [5.41, 5.74) is 0.459. The molecule has 2 heterocycles. The first-order valence-corrected chi connectivity index (χ1v) is 8.04. The average Bonchev–Trinajstić information content (AvgIpc) is 3.19. The van der Waals surface area contributed by atoms with Gasteiger partial charge in [0.2, 0.25) is 6.79 Å². The van der Waals surface area contributed by atoms with Crippen molar-refractivity contribution in [2.24, 2.45) is 11.3 Å². The van der Waals surface area contributed by atoms with Gasteiger partial charge in [0, 0.05) is 31.3 Å². The Kier molecular flexibility index (Phi) is 3.37. The maximum absolute atomic E-state index is 11.8. The Labute approximate surface area is 134 Å². The first-order chi connectivity index (χ1) is 11.1. The summed E-state index contributed by atoms with van der Waals surface area (Å²) >= 11 is 0. The van der Waals surface area contributed by atoms with E-state index >= 15 is 0 Å². The maximum Gasteiger partial charge on any atom is 0.311 e. The number of carboxylic acids is 1. The number of carboxylic acid groups (broad SMARTS) is 1. The van der Waals surface area contributed by atoms with Gasteiger partial charge in [-0.3, -0.25) is 9.69 Å². The monoisotopic (exact) mass is 319 g/mol. The number of hydrogen-bond acceptors (Lipinski definition) is 5. The van der Waals surface area contributed by atoms with Gasteiger partial charge in [-0.15, -0.1) is 0 Å². The molecular weight excluding hydrogens is 298 g/mol. The lowest BCUT2D eigenvalue weighted by molar-refractivity contribution is -0.149. The van der Waals surface area contributed by atoms with Gasteiger partial charge >= 0.3 is 5.97 Å². The van der Waals surface area contributed by atoms with Crippen LogP contribution in [0.15, 0.2) is 12.1 Å². The molecule has 2 aliphatic heterocycles. The quantitative estimate of drug-likeness (QED) is 0.917. The molecule has 0 spiro atoms. The van der Waals surface area contributed by atoms with Crippen LogP contribution in [-0.4, -0.2) is 43.0 Å². The molecule has 3 aliphatic rings. The summed E-state index contributed by atoms with van der Waals surface area (Å²) in [7, 11) is 1.64. The van der Waals surface area contributed by atoms with E-state index in [9.17, 15) is 9.90 Å². The molecule has 1 saturated carbocycles. The molecule has 0 bridgehead atoms. The minimum absolute atomic E-state index is 0.232. The Morgan fingerprint density at radius 1 is 1.43 bits per heavy atom. The number of hydrogen-bond donors (Lipinski definition) is 1. The third-order valence-corrected chi connectivity index (χ3v) is 5.54. The second-order valence-corrected chi connectivity index (χ2v) is 6.74. The van der Waals surface area contributed by atoms with Crippen molar-refractivity contribution in [2.75, 3.05) is 27.0 Å². The SMILES string of the molecule is COc1cc2c(cc1CN1C[C@@H]3CCC[C@@]3(C(=O)O)C1)OCO2. The standard InChI is InChI=1S/C17H21NO5/c1-21-13-6-15-14(22-10-23-15)5-11(13)7-18-8-12-3-2-4-17(12,9-18)16(19)20/h5-6,12H,2-4,7-10H2,1H3,(H,19,20)/t12-,17+/m0/s1. The minimum Gasteiger partial charge on any atom is -0.496 e. The molecule has 1 aromatic carbocycles. The van der Waals surface area contributed by atoms with Crippen LogP contribution in [0.3, 0.4) is 0 Å². The lowest BCUT2D eigenvalue weighted by Crippen LogP contribution is -2.35. The van der Waals surface area contributed by atoms with E-state index in [0.29, 0.717) is 18.8 Å². The predicted octanol–water partition coefficient (Wildman–Crippen LogP) is 2.11. The van der Waals surface area contributed by atoms with Gasteiger partial charge in [-0.05, 0) is 24.8 Å². The third kappa shape index (κ3) is 2.24. The second kappa shape index (κ2) is 5.30. The van der Waals surface area contributed by atoms with Gasteiger partial charge in [0.05, 0.1) is 12.5 Å². The van der Waals surface area contributed by atoms with E-state index in [0.717, 1.165) is 42.9 Å². The summed E-state index contributed by atoms with van der Waals surface area (Å²) in [5.74, 6) is 1.81. The number of likely N-dealkylation sites (tertiary alicyclic amines) is 1. The van der Waals surface area contributed by atoms with Crippen LogP contribution in [-0.2, 0) is 11.3 Å². The fraction of sp³-hybridized carbons (Fsp3) is 0.588. The van der Waals surface area contributed by atoms with Crippen LogP contribution in [0.4, 0.5) is 0 Å². The van der Waals surface area contributed by atoms with Crippen LogP contribution in [0.5, 0.6) is 17.2 Å². The summed E-state index contributed by atoms with van der Waals surface area (Å²) in [6, 6.07) is 3.80. The Morgan fingerprint density at radius 3 is 2.91 bits per heavy atom. The highest BCUT2D eigenvalue weighted by molar-refractivity contribution is 5.76. The lowest BCUT2D eigenvalue weighted by atomic mass is 9.81. The number of methoxy groups -OCH3 is 1. The van der Waals surface area contributed by atoms with Crippen LogP contribution in [0.2, 0.25) is 0 Å². The Hall–Kier alpha value is -1.95. The molecule has 1 aromatic rings. The van der Waals surface area contributed by atoms with E-state index in [4.69, 9.17) is 14.2 Å². The largest absolute Gasteiger partial charge is 0.496 e. The third-order valence-electron chi connectivity index (χ3n) is 5.54. The van der Waals surface area contributed by atoms with E-state index in [1.54, 1.807) is 7.11 Å². The van der Waals surface area contributed by atoms with Crippen molar-refractivity contribution in [3.63, 3.8) is 0 Å². The number of fused-ring (bicyclic) bond motifs is 2. The van der Waals surface area contributed by atoms with Gasteiger partial charge in [0.1, 0.15) is 5.75 Å². The predicted molar refractivity (Wildman–Crippen MR) is 81.8 cm³/mol. The number of aliphatic carboxylic acids is 1. The molecule has 1 N–H and O–H groups in total. The normalized spacial score (nSPS) is 28.8. The zero-order valence-electron chi connectivity index (χ0n) is 13.2. The highest BCUT2D eigenvalue weighted by Crippen LogP contribution is 2.49. The molecule has 23 heavy (non-hydrogen) atoms. The average molecular weight is 319 g/mol. The molecule has 4 rings (SSSR count). The Balaban J connectivity index is 1.57. The van der Waals surface area contributed by atoms with Crippen molar-refractivity contribution in [3.05, 3.63) is 17.7 Å². The smallest absolute Gasteiger partial charge is 0.311 e. The zero-order valence-corrected chi connectivity index (χ0v) is 13.2. The van der Waals surface area contributed by atoms with Crippen molar-refractivity contribution in [1.29, 1.82) is 0 Å². The molecule has 0 unspecified atom stereocenters. The van der Waals surface area contributed by atoms with Crippen LogP contribution in [0.1, 0.15) is 24.8 Å². The van der Waals surface area contributed by atoms with Gasteiger partial charge in [0.15, 0.2) is 11.5 Å². The van der Waals surface area contributed by atoms with Crippen LogP contribution in [0, 0.1) is 11.3 Å². The zero-order chi connectivity index (χ0) is 16.0. The summed E-state index contributed by atoms with van der Waals surface area (Å²) in [6.07, 6.45) is 2.83. The van der Waals surface area contributed by atoms with E-state index < -0.39 is 11.4 Å². The second-order valence-electron chi connectivity index (χ2n) is 6.74. The van der Waals surface area contributed by atoms with Gasteiger partial charge in [-0.1, -0.05) is 6.42 Å². The van der Waals surface area contributed by atoms with E-state index in [1.165, 1.54) is 0 Å². The summed E-state index contributed by atoms with van der Waals surface area (Å²) in [6.45, 7) is 2.36. The number of carbonyl (C=O) groups is 1. The molecule has 2 atom stereocenters. The minimum atomic E-state index is -0.639. The molecular formula is C17H21NO5. The van der Waals surface area contributed by atoms with Crippen molar-refractivity contribution < 1.29 is 24.1 Å². The van der Waals surface area contributed by atoms with Gasteiger partial charge in [-0.25, -0.2) is 0 Å². The summed E-state index contributed by atoms with van der Waals surface area (Å²) < 4.78 is 16.3. The van der Waals surface area contributed by atoms with Crippen molar-refractivity contribution in [2.45, 2.75) is 25.8 Å². The highest BCUT2D eigenvalue weighted by Gasteiger charge is 2.54.